The summed E-state index contributed by atoms with van der Waals surface area (Å²) >= 11 is 1.43. The van der Waals surface area contributed by atoms with Gasteiger partial charge in [-0.05, 0) is 58.0 Å². The number of carbonyl (C=O) groups excluding carboxylic acids is 3. The van der Waals surface area contributed by atoms with E-state index < -0.39 is 17.5 Å². The van der Waals surface area contributed by atoms with Gasteiger partial charge in [0.15, 0.2) is 5.78 Å². The van der Waals surface area contributed by atoms with Gasteiger partial charge in [-0.25, -0.2) is 9.59 Å². The maximum atomic E-state index is 13.2. The lowest BCUT2D eigenvalue weighted by Gasteiger charge is -2.39. The quantitative estimate of drug-likeness (QED) is 0.380. The van der Waals surface area contributed by atoms with Crippen molar-refractivity contribution in [3.8, 4) is 0 Å². The molecule has 1 aliphatic heterocycles. The van der Waals surface area contributed by atoms with E-state index in [2.05, 4.69) is 4.90 Å². The number of ether oxygens (including phenoxy) is 3. The Bertz CT molecular complexity index is 1030. The fourth-order valence-electron chi connectivity index (χ4n) is 3.78. The third-order valence-corrected chi connectivity index (χ3v) is 6.69. The molecule has 1 aliphatic rings. The van der Waals surface area contributed by atoms with Crippen molar-refractivity contribution in [2.75, 3.05) is 39.5 Å². The maximum absolute atomic E-state index is 13.2. The van der Waals surface area contributed by atoms with Gasteiger partial charge in [0.05, 0.1) is 43.1 Å². The predicted octanol–water partition coefficient (Wildman–Crippen LogP) is 4.48. The Morgan fingerprint density at radius 2 is 1.44 bits per heavy atom. The largest absolute Gasteiger partial charge is 0.462 e. The van der Waals surface area contributed by atoms with Crippen molar-refractivity contribution in [2.45, 2.75) is 43.0 Å². The Hall–Kier alpha value is -2.68. The van der Waals surface area contributed by atoms with Gasteiger partial charge in [0, 0.05) is 28.4 Å². The molecule has 7 nitrogen and oxygen atoms in total. The normalized spacial score (nSPS) is 14.5. The van der Waals surface area contributed by atoms with Gasteiger partial charge in [0.25, 0.3) is 0 Å². The van der Waals surface area contributed by atoms with Crippen LogP contribution in [0.2, 0.25) is 0 Å². The Morgan fingerprint density at radius 3 is 2.03 bits per heavy atom. The minimum Gasteiger partial charge on any atom is -0.462 e. The first-order valence-corrected chi connectivity index (χ1v) is 12.2. The molecule has 0 atom stereocenters. The average Bonchev–Trinajstić information content (AvgIpc) is 2.85. The molecule has 34 heavy (non-hydrogen) atoms. The van der Waals surface area contributed by atoms with Gasteiger partial charge in [-0.3, -0.25) is 9.69 Å². The molecule has 8 heteroatoms. The molecule has 0 bridgehead atoms. The molecule has 0 unspecified atom stereocenters. The molecule has 1 saturated heterocycles. The highest BCUT2D eigenvalue weighted by molar-refractivity contribution is 7.99. The molecule has 2 aromatic rings. The number of rotatable bonds is 9. The average molecular weight is 486 g/mol. The second-order valence-electron chi connectivity index (χ2n) is 8.26. The second-order valence-corrected chi connectivity index (χ2v) is 9.41. The van der Waals surface area contributed by atoms with Crippen LogP contribution < -0.4 is 0 Å². The second kappa shape index (κ2) is 11.6. The minimum atomic E-state index is -0.615. The highest BCUT2D eigenvalue weighted by atomic mass is 32.2. The summed E-state index contributed by atoms with van der Waals surface area (Å²) in [6.45, 7) is 10.5. The number of benzene rings is 2. The Morgan fingerprint density at radius 1 is 0.882 bits per heavy atom. The van der Waals surface area contributed by atoms with Gasteiger partial charge >= 0.3 is 11.9 Å². The third kappa shape index (κ3) is 6.05. The standard InChI is InChI=1S/C26H31NO6S/c1-5-32-24(29)21-12-11-20(17-22(21)25(30)33-6-2)34-19-9-7-18(8-10-19)23(28)26(3,4)27-13-15-31-16-14-27/h7-12,17H,5-6,13-16H2,1-4H3. The van der Waals surface area contributed by atoms with Crippen LogP contribution in [0.4, 0.5) is 0 Å². The van der Waals surface area contributed by atoms with Gasteiger partial charge < -0.3 is 14.2 Å². The highest BCUT2D eigenvalue weighted by Gasteiger charge is 2.35. The molecule has 0 saturated carbocycles. The smallest absolute Gasteiger partial charge is 0.339 e. The van der Waals surface area contributed by atoms with Crippen molar-refractivity contribution in [3.05, 3.63) is 59.2 Å². The number of nitrogens with zero attached hydrogens (tertiary/aromatic N) is 1. The van der Waals surface area contributed by atoms with Gasteiger partial charge in [-0.1, -0.05) is 23.9 Å². The lowest BCUT2D eigenvalue weighted by atomic mass is 9.91. The number of Topliss-reactive ketones (excluding diaryl/α,β-unsaturated/α-hetero) is 1. The Balaban J connectivity index is 1.78. The molecule has 0 aromatic heterocycles. The molecule has 1 fully saturated rings. The van der Waals surface area contributed by atoms with E-state index in [1.54, 1.807) is 32.0 Å². The van der Waals surface area contributed by atoms with E-state index >= 15 is 0 Å². The zero-order valence-electron chi connectivity index (χ0n) is 20.1. The molecule has 3 rings (SSSR count). The molecule has 0 N–H and O–H groups in total. The first kappa shape index (κ1) is 25.9. The SMILES string of the molecule is CCOC(=O)c1ccc(Sc2ccc(C(=O)C(C)(C)N3CCOCC3)cc2)cc1C(=O)OCC. The van der Waals surface area contributed by atoms with Crippen molar-refractivity contribution in [1.29, 1.82) is 0 Å². The van der Waals surface area contributed by atoms with Crippen molar-refractivity contribution in [1.82, 2.24) is 4.90 Å². The van der Waals surface area contributed by atoms with Crippen LogP contribution in [0.3, 0.4) is 0 Å². The molecule has 0 radical (unpaired) electrons. The molecule has 0 amide bonds. The van der Waals surface area contributed by atoms with E-state index in [4.69, 9.17) is 14.2 Å². The van der Waals surface area contributed by atoms with Crippen LogP contribution in [0.1, 0.15) is 58.8 Å². The molecule has 1 heterocycles. The van der Waals surface area contributed by atoms with Crippen LogP contribution in [0.25, 0.3) is 0 Å². The van der Waals surface area contributed by atoms with Crippen molar-refractivity contribution in [2.24, 2.45) is 0 Å². The van der Waals surface area contributed by atoms with E-state index in [0.29, 0.717) is 18.8 Å². The van der Waals surface area contributed by atoms with E-state index in [9.17, 15) is 14.4 Å². The zero-order valence-corrected chi connectivity index (χ0v) is 20.9. The molecule has 0 spiro atoms. The van der Waals surface area contributed by atoms with Crippen molar-refractivity contribution < 1.29 is 28.6 Å². The number of hydrogen-bond donors (Lipinski definition) is 0. The summed E-state index contributed by atoms with van der Waals surface area (Å²) in [5.41, 5.74) is 0.377. The number of carbonyl (C=O) groups is 3. The number of morpholine rings is 1. The number of hydrogen-bond acceptors (Lipinski definition) is 8. The summed E-state index contributed by atoms with van der Waals surface area (Å²) < 4.78 is 15.6. The fourth-order valence-corrected chi connectivity index (χ4v) is 4.64. The molecule has 182 valence electrons. The van der Waals surface area contributed by atoms with Crippen LogP contribution >= 0.6 is 11.8 Å². The van der Waals surface area contributed by atoms with Crippen LogP contribution in [0.15, 0.2) is 52.3 Å². The predicted molar refractivity (Wildman–Crippen MR) is 130 cm³/mol. The number of esters is 2. The highest BCUT2D eigenvalue weighted by Crippen LogP contribution is 2.31. The monoisotopic (exact) mass is 485 g/mol. The minimum absolute atomic E-state index is 0.0642. The lowest BCUT2D eigenvalue weighted by molar-refractivity contribution is -0.00430. The summed E-state index contributed by atoms with van der Waals surface area (Å²) in [5, 5.41) is 0. The Labute approximate surface area is 204 Å². The van der Waals surface area contributed by atoms with Gasteiger partial charge in [-0.15, -0.1) is 0 Å². The third-order valence-electron chi connectivity index (χ3n) is 5.69. The topological polar surface area (TPSA) is 82.1 Å². The first-order chi connectivity index (χ1) is 16.3. The number of ketones is 1. The summed E-state index contributed by atoms with van der Waals surface area (Å²) in [7, 11) is 0. The van der Waals surface area contributed by atoms with E-state index in [0.717, 1.165) is 22.9 Å². The van der Waals surface area contributed by atoms with Crippen LogP contribution in [-0.2, 0) is 14.2 Å². The molecule has 0 aliphatic carbocycles. The van der Waals surface area contributed by atoms with Crippen molar-refractivity contribution >= 4 is 29.5 Å². The van der Waals surface area contributed by atoms with Gasteiger partial charge in [-0.2, -0.15) is 0 Å². The van der Waals surface area contributed by atoms with Gasteiger partial charge in [0.1, 0.15) is 0 Å². The Kier molecular flexibility index (Phi) is 8.88. The fraction of sp³-hybridized carbons (Fsp3) is 0.423. The molecular formula is C26H31NO6S. The van der Waals surface area contributed by atoms with Crippen LogP contribution in [0, 0.1) is 0 Å². The summed E-state index contributed by atoms with van der Waals surface area (Å²) in [5.74, 6) is -1.07. The molecular weight excluding hydrogens is 454 g/mol. The van der Waals surface area contributed by atoms with Crippen LogP contribution in [-0.4, -0.2) is 67.7 Å². The summed E-state index contributed by atoms with van der Waals surface area (Å²) in [6.07, 6.45) is 0. The maximum Gasteiger partial charge on any atom is 0.339 e. The van der Waals surface area contributed by atoms with Crippen molar-refractivity contribution in [3.63, 3.8) is 0 Å². The zero-order chi connectivity index (χ0) is 24.7. The van der Waals surface area contributed by atoms with Crippen LogP contribution in [0.5, 0.6) is 0 Å². The lowest BCUT2D eigenvalue weighted by Crippen LogP contribution is -2.54. The summed E-state index contributed by atoms with van der Waals surface area (Å²) in [4.78, 5) is 41.7. The van der Waals surface area contributed by atoms with E-state index in [-0.39, 0.29) is 30.1 Å². The summed E-state index contributed by atoms with van der Waals surface area (Å²) in [6, 6.07) is 12.4. The van der Waals surface area contributed by atoms with Gasteiger partial charge in [0.2, 0.25) is 0 Å². The first-order valence-electron chi connectivity index (χ1n) is 11.4. The van der Waals surface area contributed by atoms with E-state index in [1.165, 1.54) is 11.8 Å². The molecule has 2 aromatic carbocycles. The van der Waals surface area contributed by atoms with E-state index in [1.807, 2.05) is 38.1 Å².